The molecular formula is C10H12BrFN2O2. The molecule has 1 aromatic heterocycles. The lowest BCUT2D eigenvalue weighted by Gasteiger charge is -2.19. The zero-order chi connectivity index (χ0) is 12.3. The number of aromatic nitrogens is 1. The van der Waals surface area contributed by atoms with Crippen LogP contribution in [0.25, 0.3) is 0 Å². The Kier molecular flexibility index (Phi) is 3.85. The molecule has 0 saturated carbocycles. The first-order valence-corrected chi connectivity index (χ1v) is 5.38. The van der Waals surface area contributed by atoms with Gasteiger partial charge in [0.1, 0.15) is 10.2 Å². The smallest absolute Gasteiger partial charge is 0.412 e. The molecule has 0 aromatic carbocycles. The van der Waals surface area contributed by atoms with Crippen molar-refractivity contribution in [1.82, 2.24) is 4.98 Å². The Bertz CT molecular complexity index is 404. The maximum absolute atomic E-state index is 13.2. The van der Waals surface area contributed by atoms with Gasteiger partial charge < -0.3 is 4.74 Å². The van der Waals surface area contributed by atoms with Gasteiger partial charge in [-0.25, -0.2) is 14.2 Å². The second kappa shape index (κ2) is 4.78. The molecule has 16 heavy (non-hydrogen) atoms. The highest BCUT2D eigenvalue weighted by Gasteiger charge is 2.17. The summed E-state index contributed by atoms with van der Waals surface area (Å²) in [6, 6.07) is 1.36. The van der Waals surface area contributed by atoms with Gasteiger partial charge in [-0.2, -0.15) is 0 Å². The highest BCUT2D eigenvalue weighted by atomic mass is 79.9. The first kappa shape index (κ1) is 12.9. The molecule has 1 heterocycles. The maximum Gasteiger partial charge on any atom is 0.412 e. The van der Waals surface area contributed by atoms with Crippen LogP contribution >= 0.6 is 15.9 Å². The molecule has 0 aliphatic carbocycles. The molecule has 1 rings (SSSR count). The molecule has 0 atom stereocenters. The summed E-state index contributed by atoms with van der Waals surface area (Å²) in [5.41, 5.74) is -0.596. The average Bonchev–Trinajstić information content (AvgIpc) is 2.08. The molecule has 0 bridgehead atoms. The molecule has 6 heteroatoms. The third-order valence-electron chi connectivity index (χ3n) is 1.46. The third kappa shape index (κ3) is 4.14. The third-order valence-corrected chi connectivity index (χ3v) is 1.89. The normalized spacial score (nSPS) is 11.1. The van der Waals surface area contributed by atoms with Crippen LogP contribution in [0.1, 0.15) is 20.8 Å². The van der Waals surface area contributed by atoms with Crippen molar-refractivity contribution in [3.63, 3.8) is 0 Å². The number of nitrogens with zero attached hydrogens (tertiary/aromatic N) is 1. The maximum atomic E-state index is 13.2. The van der Waals surface area contributed by atoms with E-state index in [-0.39, 0.29) is 5.69 Å². The van der Waals surface area contributed by atoms with E-state index in [1.165, 1.54) is 6.07 Å². The Labute approximate surface area is 101 Å². The summed E-state index contributed by atoms with van der Waals surface area (Å²) in [6.45, 7) is 5.18. The number of hydrogen-bond acceptors (Lipinski definition) is 3. The van der Waals surface area contributed by atoms with E-state index in [9.17, 15) is 9.18 Å². The van der Waals surface area contributed by atoms with Crippen LogP contribution in [-0.2, 0) is 4.74 Å². The number of ether oxygens (including phenoxy) is 1. The van der Waals surface area contributed by atoms with Crippen molar-refractivity contribution in [3.8, 4) is 0 Å². The lowest BCUT2D eigenvalue weighted by atomic mass is 10.2. The van der Waals surface area contributed by atoms with Gasteiger partial charge in [-0.1, -0.05) is 0 Å². The van der Waals surface area contributed by atoms with Crippen molar-refractivity contribution in [2.75, 3.05) is 5.32 Å². The fourth-order valence-corrected chi connectivity index (χ4v) is 1.25. The van der Waals surface area contributed by atoms with Crippen LogP contribution < -0.4 is 5.32 Å². The summed E-state index contributed by atoms with van der Waals surface area (Å²) in [6.07, 6.45) is 0.307. The molecule has 1 N–H and O–H groups in total. The van der Waals surface area contributed by atoms with Crippen molar-refractivity contribution < 1.29 is 13.9 Å². The van der Waals surface area contributed by atoms with E-state index < -0.39 is 17.5 Å². The van der Waals surface area contributed by atoms with Gasteiger partial charge >= 0.3 is 6.09 Å². The number of rotatable bonds is 1. The van der Waals surface area contributed by atoms with Gasteiger partial charge in [0.2, 0.25) is 0 Å². The second-order valence-electron chi connectivity index (χ2n) is 4.11. The van der Waals surface area contributed by atoms with Gasteiger partial charge in [0.15, 0.2) is 5.82 Å². The van der Waals surface area contributed by atoms with Crippen LogP contribution in [0.4, 0.5) is 14.9 Å². The quantitative estimate of drug-likeness (QED) is 0.807. The van der Waals surface area contributed by atoms with Crippen LogP contribution in [0.5, 0.6) is 0 Å². The largest absolute Gasteiger partial charge is 0.444 e. The molecule has 0 aliphatic rings. The number of anilines is 1. The van der Waals surface area contributed by atoms with Crippen molar-refractivity contribution >= 4 is 27.7 Å². The van der Waals surface area contributed by atoms with Crippen molar-refractivity contribution in [3.05, 3.63) is 22.7 Å². The van der Waals surface area contributed by atoms with E-state index in [0.29, 0.717) is 4.60 Å². The summed E-state index contributed by atoms with van der Waals surface area (Å²) < 4.78 is 18.6. The first-order chi connectivity index (χ1) is 7.28. The molecule has 88 valence electrons. The lowest BCUT2D eigenvalue weighted by molar-refractivity contribution is 0.0635. The predicted molar refractivity (Wildman–Crippen MR) is 61.8 cm³/mol. The van der Waals surface area contributed by atoms with Gasteiger partial charge in [-0.15, -0.1) is 0 Å². The fraction of sp³-hybridized carbons (Fsp3) is 0.400. The molecule has 1 amide bonds. The van der Waals surface area contributed by atoms with Gasteiger partial charge in [-0.3, -0.25) is 5.32 Å². The van der Waals surface area contributed by atoms with Gasteiger partial charge in [0.25, 0.3) is 0 Å². The number of amides is 1. The molecule has 0 fully saturated rings. The lowest BCUT2D eigenvalue weighted by Crippen LogP contribution is -2.27. The highest BCUT2D eigenvalue weighted by molar-refractivity contribution is 9.10. The Balaban J connectivity index is 2.73. The van der Waals surface area contributed by atoms with Crippen LogP contribution in [0.2, 0.25) is 0 Å². The number of carbonyl (C=O) groups excluding carboxylic acids is 1. The van der Waals surface area contributed by atoms with Crippen molar-refractivity contribution in [1.29, 1.82) is 0 Å². The molecule has 0 spiro atoms. The Hall–Kier alpha value is -1.17. The SMILES string of the molecule is CC(C)(C)OC(=O)Nc1cc(Br)ncc1F. The summed E-state index contributed by atoms with van der Waals surface area (Å²) in [5.74, 6) is -0.617. The van der Waals surface area contributed by atoms with Crippen LogP contribution in [0.15, 0.2) is 16.9 Å². The minimum absolute atomic E-state index is 0.0242. The Morgan fingerprint density at radius 2 is 2.19 bits per heavy atom. The summed E-state index contributed by atoms with van der Waals surface area (Å²) in [4.78, 5) is 15.0. The average molecular weight is 291 g/mol. The van der Waals surface area contributed by atoms with Crippen molar-refractivity contribution in [2.24, 2.45) is 0 Å². The summed E-state index contributed by atoms with van der Waals surface area (Å²) in [7, 11) is 0. The molecular weight excluding hydrogens is 279 g/mol. The monoisotopic (exact) mass is 290 g/mol. The molecule has 0 aliphatic heterocycles. The van der Waals surface area contributed by atoms with Gasteiger partial charge in [0, 0.05) is 0 Å². The molecule has 1 aromatic rings. The number of pyridine rings is 1. The minimum atomic E-state index is -0.704. The van der Waals surface area contributed by atoms with E-state index in [4.69, 9.17) is 4.74 Å². The molecule has 0 unspecified atom stereocenters. The van der Waals surface area contributed by atoms with E-state index in [2.05, 4.69) is 26.2 Å². The van der Waals surface area contributed by atoms with E-state index in [0.717, 1.165) is 6.20 Å². The van der Waals surface area contributed by atoms with Crippen LogP contribution in [0, 0.1) is 5.82 Å². The number of nitrogens with one attached hydrogen (secondary N) is 1. The number of halogens is 2. The number of hydrogen-bond donors (Lipinski definition) is 1. The topological polar surface area (TPSA) is 51.2 Å². The summed E-state index contributed by atoms with van der Waals surface area (Å²) in [5, 5.41) is 2.30. The first-order valence-electron chi connectivity index (χ1n) is 4.59. The van der Waals surface area contributed by atoms with E-state index in [1.54, 1.807) is 20.8 Å². The fourth-order valence-electron chi connectivity index (χ4n) is 0.923. The predicted octanol–water partition coefficient (Wildman–Crippen LogP) is 3.33. The van der Waals surface area contributed by atoms with E-state index in [1.807, 2.05) is 0 Å². The standard InChI is InChI=1S/C10H12BrFN2O2/c1-10(2,3)16-9(15)14-7-4-8(11)13-5-6(7)12/h4-5H,1-3H3,(H,13,14,15). The van der Waals surface area contributed by atoms with Gasteiger partial charge in [0.05, 0.1) is 11.9 Å². The highest BCUT2D eigenvalue weighted by Crippen LogP contribution is 2.18. The molecule has 0 radical (unpaired) electrons. The van der Waals surface area contributed by atoms with Crippen LogP contribution in [-0.4, -0.2) is 16.7 Å². The minimum Gasteiger partial charge on any atom is -0.444 e. The van der Waals surface area contributed by atoms with E-state index >= 15 is 0 Å². The Morgan fingerprint density at radius 1 is 1.56 bits per heavy atom. The summed E-state index contributed by atoms with van der Waals surface area (Å²) >= 11 is 3.08. The second-order valence-corrected chi connectivity index (χ2v) is 4.93. The van der Waals surface area contributed by atoms with Gasteiger partial charge in [-0.05, 0) is 42.8 Å². The zero-order valence-corrected chi connectivity index (χ0v) is 10.8. The Morgan fingerprint density at radius 3 is 2.75 bits per heavy atom. The zero-order valence-electron chi connectivity index (χ0n) is 9.17. The van der Waals surface area contributed by atoms with Crippen molar-refractivity contribution in [2.45, 2.75) is 26.4 Å². The molecule has 0 saturated heterocycles. The number of carbonyl (C=O) groups is 1. The van der Waals surface area contributed by atoms with Crippen LogP contribution in [0.3, 0.4) is 0 Å². The molecule has 4 nitrogen and oxygen atoms in total.